The Labute approximate surface area is 154 Å². The molecule has 0 radical (unpaired) electrons. The molecular formula is C19H16N2O6. The maximum atomic E-state index is 10.9. The molecule has 1 heterocycles. The first-order valence-electron chi connectivity index (χ1n) is 7.99. The van der Waals surface area contributed by atoms with Crippen molar-refractivity contribution in [3.63, 3.8) is 0 Å². The zero-order valence-electron chi connectivity index (χ0n) is 14.7. The first-order valence-corrected chi connectivity index (χ1v) is 7.99. The fraction of sp³-hybridized carbons (Fsp3) is 0.158. The van der Waals surface area contributed by atoms with Gasteiger partial charge >= 0.3 is 0 Å². The van der Waals surface area contributed by atoms with E-state index in [-0.39, 0.29) is 18.2 Å². The quantitative estimate of drug-likeness (QED) is 0.353. The van der Waals surface area contributed by atoms with Crippen LogP contribution < -0.4 is 9.47 Å². The van der Waals surface area contributed by atoms with Crippen LogP contribution in [0.3, 0.4) is 0 Å². The van der Waals surface area contributed by atoms with Crippen molar-refractivity contribution < 1.29 is 23.6 Å². The van der Waals surface area contributed by atoms with E-state index < -0.39 is 4.92 Å². The maximum Gasteiger partial charge on any atom is 0.270 e. The number of rotatable bonds is 7. The highest BCUT2D eigenvalue weighted by molar-refractivity contribution is 5.76. The first kappa shape index (κ1) is 18.1. The molecule has 0 amide bonds. The minimum absolute atomic E-state index is 0.0406. The maximum absolute atomic E-state index is 10.9. The minimum atomic E-state index is -0.474. The average Bonchev–Trinajstić information content (AvgIpc) is 3.07. The van der Waals surface area contributed by atoms with Crippen LogP contribution in [0.5, 0.6) is 11.5 Å². The van der Waals surface area contributed by atoms with Gasteiger partial charge in [-0.15, -0.1) is 0 Å². The summed E-state index contributed by atoms with van der Waals surface area (Å²) in [6.45, 7) is 1.85. The number of oxazole rings is 1. The Balaban J connectivity index is 1.81. The van der Waals surface area contributed by atoms with Gasteiger partial charge in [-0.05, 0) is 31.2 Å². The summed E-state index contributed by atoms with van der Waals surface area (Å²) in [6, 6.07) is 10.9. The second-order valence-electron chi connectivity index (χ2n) is 5.65. The molecule has 138 valence electrons. The number of benzene rings is 2. The molecule has 0 spiro atoms. The molecule has 0 N–H and O–H groups in total. The second-order valence-corrected chi connectivity index (χ2v) is 5.65. The molecule has 27 heavy (non-hydrogen) atoms. The Kier molecular flexibility index (Phi) is 5.16. The van der Waals surface area contributed by atoms with Gasteiger partial charge in [-0.25, -0.2) is 4.98 Å². The topological polar surface area (TPSA) is 105 Å². The molecule has 0 aliphatic carbocycles. The molecule has 3 aromatic rings. The number of methoxy groups -OCH3 is 1. The van der Waals surface area contributed by atoms with E-state index in [1.54, 1.807) is 37.3 Å². The molecule has 0 saturated carbocycles. The van der Waals surface area contributed by atoms with Crippen LogP contribution in [0, 0.1) is 17.0 Å². The summed E-state index contributed by atoms with van der Waals surface area (Å²) in [7, 11) is 1.48. The number of carbonyl (C=O) groups excluding carboxylic acids is 1. The highest BCUT2D eigenvalue weighted by Gasteiger charge is 2.15. The molecule has 0 saturated heterocycles. The summed E-state index contributed by atoms with van der Waals surface area (Å²) >= 11 is 0. The van der Waals surface area contributed by atoms with Crippen molar-refractivity contribution in [2.75, 3.05) is 7.11 Å². The van der Waals surface area contributed by atoms with E-state index in [1.165, 1.54) is 19.2 Å². The third kappa shape index (κ3) is 3.95. The van der Waals surface area contributed by atoms with E-state index in [9.17, 15) is 14.9 Å². The van der Waals surface area contributed by atoms with E-state index in [2.05, 4.69) is 4.98 Å². The molecule has 8 heteroatoms. The molecule has 8 nitrogen and oxygen atoms in total. The molecule has 3 rings (SSSR count). The molecule has 0 fully saturated rings. The molecule has 0 bridgehead atoms. The van der Waals surface area contributed by atoms with Gasteiger partial charge in [0.05, 0.1) is 12.0 Å². The van der Waals surface area contributed by atoms with E-state index >= 15 is 0 Å². The van der Waals surface area contributed by atoms with Gasteiger partial charge in [0.25, 0.3) is 5.69 Å². The SMILES string of the molecule is COc1cc(C=O)ccc1OCc1nc(-c2cccc([N+](=O)[O-])c2)oc1C. The Bertz CT molecular complexity index is 996. The van der Waals surface area contributed by atoms with Crippen LogP contribution in [-0.2, 0) is 6.61 Å². The van der Waals surface area contributed by atoms with Gasteiger partial charge in [-0.2, -0.15) is 0 Å². The van der Waals surface area contributed by atoms with E-state index in [0.29, 0.717) is 34.1 Å². The minimum Gasteiger partial charge on any atom is -0.493 e. The lowest BCUT2D eigenvalue weighted by molar-refractivity contribution is -0.384. The van der Waals surface area contributed by atoms with Crippen molar-refractivity contribution >= 4 is 12.0 Å². The zero-order chi connectivity index (χ0) is 19.4. The average molecular weight is 368 g/mol. The van der Waals surface area contributed by atoms with Crippen LogP contribution >= 0.6 is 0 Å². The summed E-state index contributed by atoms with van der Waals surface area (Å²) in [5.74, 6) is 1.71. The Morgan fingerprint density at radius 2 is 2.04 bits per heavy atom. The number of aldehydes is 1. The molecule has 0 atom stereocenters. The van der Waals surface area contributed by atoms with Gasteiger partial charge in [0.2, 0.25) is 5.89 Å². The van der Waals surface area contributed by atoms with E-state index in [1.807, 2.05) is 0 Å². The van der Waals surface area contributed by atoms with Crippen LogP contribution in [0.2, 0.25) is 0 Å². The fourth-order valence-corrected chi connectivity index (χ4v) is 2.46. The van der Waals surface area contributed by atoms with Gasteiger partial charge in [-0.3, -0.25) is 14.9 Å². The van der Waals surface area contributed by atoms with Gasteiger partial charge in [0.15, 0.2) is 11.5 Å². The molecule has 0 aliphatic heterocycles. The largest absolute Gasteiger partial charge is 0.493 e. The Hall–Kier alpha value is -3.68. The number of nitro benzene ring substituents is 1. The molecule has 0 unspecified atom stereocenters. The highest BCUT2D eigenvalue weighted by Crippen LogP contribution is 2.30. The Morgan fingerprint density at radius 1 is 1.22 bits per heavy atom. The monoisotopic (exact) mass is 368 g/mol. The molecule has 0 aliphatic rings. The van der Waals surface area contributed by atoms with Crippen LogP contribution in [0.15, 0.2) is 46.9 Å². The van der Waals surface area contributed by atoms with Crippen LogP contribution in [0.4, 0.5) is 5.69 Å². The van der Waals surface area contributed by atoms with Crippen LogP contribution in [-0.4, -0.2) is 23.3 Å². The van der Waals surface area contributed by atoms with Crippen LogP contribution in [0.1, 0.15) is 21.8 Å². The highest BCUT2D eigenvalue weighted by atomic mass is 16.6. The number of aromatic nitrogens is 1. The standard InChI is InChI=1S/C19H16N2O6/c1-12-16(11-26-17-7-6-13(10-22)8-18(17)25-2)20-19(27-12)14-4-3-5-15(9-14)21(23)24/h3-10H,11H2,1-2H3. The van der Waals surface area contributed by atoms with E-state index in [4.69, 9.17) is 13.9 Å². The normalized spacial score (nSPS) is 10.4. The number of aryl methyl sites for hydroxylation is 1. The van der Waals surface area contributed by atoms with Crippen LogP contribution in [0.25, 0.3) is 11.5 Å². The summed E-state index contributed by atoms with van der Waals surface area (Å²) in [5, 5.41) is 10.9. The molecule has 2 aromatic carbocycles. The third-order valence-corrected chi connectivity index (χ3v) is 3.88. The van der Waals surface area contributed by atoms with Crippen molar-refractivity contribution in [3.8, 4) is 23.0 Å². The van der Waals surface area contributed by atoms with Gasteiger partial charge in [-0.1, -0.05) is 6.07 Å². The van der Waals surface area contributed by atoms with E-state index in [0.717, 1.165) is 6.29 Å². The number of nitrogens with zero attached hydrogens (tertiary/aromatic N) is 2. The van der Waals surface area contributed by atoms with Crippen molar-refractivity contribution in [2.24, 2.45) is 0 Å². The lowest BCUT2D eigenvalue weighted by Gasteiger charge is -2.10. The molecule has 1 aromatic heterocycles. The van der Waals surface area contributed by atoms with Crippen molar-refractivity contribution in [1.29, 1.82) is 0 Å². The number of non-ortho nitro benzene ring substituents is 1. The number of ether oxygens (including phenoxy) is 2. The number of hydrogen-bond acceptors (Lipinski definition) is 7. The van der Waals surface area contributed by atoms with Crippen molar-refractivity contribution in [1.82, 2.24) is 4.98 Å². The number of carbonyl (C=O) groups is 1. The number of nitro groups is 1. The van der Waals surface area contributed by atoms with Gasteiger partial charge < -0.3 is 13.9 Å². The van der Waals surface area contributed by atoms with Crippen molar-refractivity contribution in [3.05, 3.63) is 69.6 Å². The predicted molar refractivity (Wildman–Crippen MR) is 96.0 cm³/mol. The predicted octanol–water partition coefficient (Wildman–Crippen LogP) is 3.96. The summed E-state index contributed by atoms with van der Waals surface area (Å²) in [6.07, 6.45) is 0.722. The summed E-state index contributed by atoms with van der Waals surface area (Å²) < 4.78 is 16.6. The number of hydrogen-bond donors (Lipinski definition) is 0. The summed E-state index contributed by atoms with van der Waals surface area (Å²) in [4.78, 5) is 25.7. The van der Waals surface area contributed by atoms with Crippen molar-refractivity contribution in [2.45, 2.75) is 13.5 Å². The fourth-order valence-electron chi connectivity index (χ4n) is 2.46. The smallest absolute Gasteiger partial charge is 0.270 e. The van der Waals surface area contributed by atoms with Gasteiger partial charge in [0, 0.05) is 23.3 Å². The lowest BCUT2D eigenvalue weighted by atomic mass is 10.2. The first-order chi connectivity index (χ1) is 13.0. The second kappa shape index (κ2) is 7.69. The third-order valence-electron chi connectivity index (χ3n) is 3.88. The zero-order valence-corrected chi connectivity index (χ0v) is 14.7. The lowest BCUT2D eigenvalue weighted by Crippen LogP contribution is -2.00. The summed E-state index contributed by atoms with van der Waals surface area (Å²) in [5.41, 5.74) is 1.50. The Morgan fingerprint density at radius 3 is 2.74 bits per heavy atom. The van der Waals surface area contributed by atoms with Gasteiger partial charge in [0.1, 0.15) is 24.3 Å². The molecular weight excluding hydrogens is 352 g/mol.